The van der Waals surface area contributed by atoms with Crippen molar-refractivity contribution in [3.05, 3.63) is 41.0 Å². The number of likely N-dealkylation sites (tertiary alicyclic amines) is 1. The van der Waals surface area contributed by atoms with Gasteiger partial charge in [0.05, 0.1) is 11.2 Å². The van der Waals surface area contributed by atoms with E-state index in [1.165, 1.54) is 6.42 Å². The molecule has 3 aliphatic rings. The van der Waals surface area contributed by atoms with E-state index >= 15 is 0 Å². The molecular formula is C23H23N7O3. The zero-order valence-electron chi connectivity index (χ0n) is 17.9. The summed E-state index contributed by atoms with van der Waals surface area (Å²) in [5.74, 6) is -0.536. The quantitative estimate of drug-likeness (QED) is 0.513. The monoisotopic (exact) mass is 445 g/mol. The molecule has 1 atom stereocenters. The summed E-state index contributed by atoms with van der Waals surface area (Å²) < 4.78 is 0. The van der Waals surface area contributed by atoms with Crippen molar-refractivity contribution in [1.29, 1.82) is 0 Å². The zero-order valence-corrected chi connectivity index (χ0v) is 17.9. The topological polar surface area (TPSA) is 137 Å². The van der Waals surface area contributed by atoms with E-state index in [0.29, 0.717) is 29.9 Å². The van der Waals surface area contributed by atoms with E-state index in [1.807, 2.05) is 12.1 Å². The van der Waals surface area contributed by atoms with Crippen molar-refractivity contribution in [3.8, 4) is 11.3 Å². The molecule has 168 valence electrons. The maximum absolute atomic E-state index is 13.0. The van der Waals surface area contributed by atoms with Gasteiger partial charge in [-0.2, -0.15) is 5.10 Å². The predicted octanol–water partition coefficient (Wildman–Crippen LogP) is 1.17. The van der Waals surface area contributed by atoms with Crippen LogP contribution in [0.2, 0.25) is 0 Å². The van der Waals surface area contributed by atoms with Gasteiger partial charge in [-0.15, -0.1) is 0 Å². The number of rotatable bonds is 4. The van der Waals surface area contributed by atoms with Crippen molar-refractivity contribution < 1.29 is 14.4 Å². The third-order valence-corrected chi connectivity index (χ3v) is 6.79. The Labute approximate surface area is 189 Å². The van der Waals surface area contributed by atoms with Crippen molar-refractivity contribution in [1.82, 2.24) is 30.3 Å². The number of aromatic nitrogens is 3. The summed E-state index contributed by atoms with van der Waals surface area (Å²) in [5.41, 5.74) is 11.7. The van der Waals surface area contributed by atoms with Gasteiger partial charge >= 0.3 is 0 Å². The average Bonchev–Trinajstić information content (AvgIpc) is 3.30. The highest BCUT2D eigenvalue weighted by Gasteiger charge is 2.39. The van der Waals surface area contributed by atoms with Gasteiger partial charge in [0.15, 0.2) is 5.82 Å². The number of amides is 3. The Kier molecular flexibility index (Phi) is 4.44. The van der Waals surface area contributed by atoms with Gasteiger partial charge in [-0.1, -0.05) is 6.07 Å². The molecule has 3 amide bonds. The van der Waals surface area contributed by atoms with E-state index in [0.717, 1.165) is 47.5 Å². The molecule has 0 aliphatic carbocycles. The summed E-state index contributed by atoms with van der Waals surface area (Å²) >= 11 is 0. The van der Waals surface area contributed by atoms with Crippen molar-refractivity contribution in [3.63, 3.8) is 0 Å². The van der Waals surface area contributed by atoms with Crippen molar-refractivity contribution in [2.75, 3.05) is 18.8 Å². The van der Waals surface area contributed by atoms with E-state index in [-0.39, 0.29) is 18.2 Å². The van der Waals surface area contributed by atoms with E-state index in [4.69, 9.17) is 10.7 Å². The van der Waals surface area contributed by atoms with Gasteiger partial charge in [-0.3, -0.25) is 29.7 Å². The molecule has 3 aromatic rings. The minimum atomic E-state index is -0.630. The Hall–Kier alpha value is -3.79. The second-order valence-electron chi connectivity index (χ2n) is 8.90. The molecule has 3 aliphatic heterocycles. The fourth-order valence-corrected chi connectivity index (χ4v) is 4.86. The molecule has 0 bridgehead atoms. The number of pyridine rings is 1. The molecule has 33 heavy (non-hydrogen) atoms. The number of anilines is 1. The molecule has 10 heteroatoms. The molecule has 1 aromatic carbocycles. The lowest BCUT2D eigenvalue weighted by Gasteiger charge is -2.30. The molecule has 0 radical (unpaired) electrons. The number of H-pyrrole nitrogens is 1. The number of aromatic amines is 1. The van der Waals surface area contributed by atoms with Gasteiger partial charge in [0.1, 0.15) is 11.6 Å². The number of nitrogens with zero attached hydrogens (tertiary/aromatic N) is 4. The Morgan fingerprint density at radius 3 is 2.76 bits per heavy atom. The number of fused-ring (bicyclic) bond motifs is 2. The second-order valence-corrected chi connectivity index (χ2v) is 8.90. The molecule has 4 N–H and O–H groups in total. The number of hydrogen-bond donors (Lipinski definition) is 3. The number of piperidine rings is 1. The van der Waals surface area contributed by atoms with Crippen LogP contribution in [0.5, 0.6) is 0 Å². The first-order chi connectivity index (χ1) is 16.0. The summed E-state index contributed by atoms with van der Waals surface area (Å²) in [6.07, 6.45) is 1.78. The van der Waals surface area contributed by atoms with Crippen LogP contribution < -0.4 is 11.1 Å². The minimum Gasteiger partial charge on any atom is -0.380 e. The first kappa shape index (κ1) is 19.9. The Balaban J connectivity index is 1.34. The molecule has 5 heterocycles. The summed E-state index contributed by atoms with van der Waals surface area (Å²) in [6.45, 7) is 3.26. The highest BCUT2D eigenvalue weighted by molar-refractivity contribution is 6.05. The van der Waals surface area contributed by atoms with Crippen LogP contribution in [0.4, 0.5) is 5.82 Å². The number of hydrogen-bond acceptors (Lipinski definition) is 7. The van der Waals surface area contributed by atoms with Crippen LogP contribution in [0.1, 0.15) is 40.7 Å². The Bertz CT molecular complexity index is 1330. The van der Waals surface area contributed by atoms with E-state index in [1.54, 1.807) is 11.0 Å². The van der Waals surface area contributed by atoms with Crippen LogP contribution in [0.25, 0.3) is 22.3 Å². The van der Waals surface area contributed by atoms with Crippen LogP contribution in [0, 0.1) is 0 Å². The maximum Gasteiger partial charge on any atom is 0.255 e. The van der Waals surface area contributed by atoms with Gasteiger partial charge in [-0.05, 0) is 55.3 Å². The fraction of sp³-hybridized carbons (Fsp3) is 0.348. The van der Waals surface area contributed by atoms with Crippen LogP contribution in [-0.2, 0) is 22.7 Å². The summed E-state index contributed by atoms with van der Waals surface area (Å²) in [5, 5.41) is 9.49. The van der Waals surface area contributed by atoms with E-state index < -0.39 is 11.9 Å². The van der Waals surface area contributed by atoms with E-state index in [2.05, 4.69) is 26.5 Å². The molecule has 0 spiro atoms. The first-order valence-corrected chi connectivity index (χ1v) is 11.1. The van der Waals surface area contributed by atoms with Crippen molar-refractivity contribution in [2.24, 2.45) is 0 Å². The van der Waals surface area contributed by atoms with Crippen LogP contribution in [0.15, 0.2) is 24.3 Å². The Morgan fingerprint density at radius 2 is 2.00 bits per heavy atom. The third kappa shape index (κ3) is 3.25. The normalized spacial score (nSPS) is 20.8. The van der Waals surface area contributed by atoms with Crippen LogP contribution >= 0.6 is 0 Å². The summed E-state index contributed by atoms with van der Waals surface area (Å²) in [6, 6.07) is 7.04. The largest absolute Gasteiger partial charge is 0.380 e. The molecule has 2 saturated heterocycles. The lowest BCUT2D eigenvalue weighted by Crippen LogP contribution is -2.52. The standard InChI is InChI=1S/C23H23N7O3/c24-21-20-19(27-28-21)14(10-29-6-1-7-29)9-16(25-20)12-2-3-15-13(8-12)11-30(23(15)33)17-4-5-18(31)26-22(17)32/h2-3,8-9,17H,1,4-7,10-11H2,(H3,24,27,28)(H,26,31,32). The van der Waals surface area contributed by atoms with Gasteiger partial charge in [-0.25, -0.2) is 4.98 Å². The second kappa shape index (κ2) is 7.38. The van der Waals surface area contributed by atoms with Crippen LogP contribution in [0.3, 0.4) is 0 Å². The minimum absolute atomic E-state index is 0.188. The maximum atomic E-state index is 13.0. The SMILES string of the molecule is Nc1n[nH]c2c(CN3CCC3)cc(-c3ccc4c(c3)CN(C3CCC(=O)NC3=O)C4=O)nc12. The number of carbonyl (C=O) groups is 3. The number of nitrogen functional groups attached to an aromatic ring is 1. The summed E-state index contributed by atoms with van der Waals surface area (Å²) in [4.78, 5) is 45.4. The summed E-state index contributed by atoms with van der Waals surface area (Å²) in [7, 11) is 0. The zero-order chi connectivity index (χ0) is 22.7. The van der Waals surface area contributed by atoms with Gasteiger partial charge in [0.25, 0.3) is 5.91 Å². The fourth-order valence-electron chi connectivity index (χ4n) is 4.86. The molecule has 0 saturated carbocycles. The molecule has 10 nitrogen and oxygen atoms in total. The molecular weight excluding hydrogens is 422 g/mol. The van der Waals surface area contributed by atoms with Gasteiger partial charge in [0, 0.05) is 30.6 Å². The molecule has 1 unspecified atom stereocenters. The average molecular weight is 445 g/mol. The number of nitrogens with one attached hydrogen (secondary N) is 2. The highest BCUT2D eigenvalue weighted by Crippen LogP contribution is 2.33. The highest BCUT2D eigenvalue weighted by atomic mass is 16.2. The number of nitrogens with two attached hydrogens (primary N) is 1. The molecule has 6 rings (SSSR count). The lowest BCUT2D eigenvalue weighted by molar-refractivity contribution is -0.136. The number of imide groups is 1. The van der Waals surface area contributed by atoms with Crippen LogP contribution in [-0.4, -0.2) is 61.8 Å². The predicted molar refractivity (Wildman–Crippen MR) is 120 cm³/mol. The lowest BCUT2D eigenvalue weighted by atomic mass is 10.0. The molecule has 2 fully saturated rings. The third-order valence-electron chi connectivity index (χ3n) is 6.79. The van der Waals surface area contributed by atoms with Gasteiger partial charge < -0.3 is 10.6 Å². The van der Waals surface area contributed by atoms with Crippen molar-refractivity contribution >= 4 is 34.6 Å². The van der Waals surface area contributed by atoms with Crippen molar-refractivity contribution in [2.45, 2.75) is 38.4 Å². The smallest absolute Gasteiger partial charge is 0.255 e. The molecule has 2 aromatic heterocycles. The first-order valence-electron chi connectivity index (χ1n) is 11.1. The van der Waals surface area contributed by atoms with Gasteiger partial charge in [0.2, 0.25) is 11.8 Å². The number of benzene rings is 1. The Morgan fingerprint density at radius 1 is 1.15 bits per heavy atom. The van der Waals surface area contributed by atoms with E-state index in [9.17, 15) is 14.4 Å². The number of carbonyl (C=O) groups excluding carboxylic acids is 3.